The Morgan fingerprint density at radius 3 is 2.48 bits per heavy atom. The van der Waals surface area contributed by atoms with Crippen LogP contribution in [-0.4, -0.2) is 41.6 Å². The number of halogens is 1. The minimum atomic E-state index is -1.68. The second-order valence-electron chi connectivity index (χ2n) is 7.54. The molecule has 0 aliphatic heterocycles. The third kappa shape index (κ3) is 4.60. The zero-order valence-corrected chi connectivity index (χ0v) is 18.5. The number of aromatic nitrogens is 2. The predicted octanol–water partition coefficient (Wildman–Crippen LogP) is 3.05. The van der Waals surface area contributed by atoms with Gasteiger partial charge in [-0.2, -0.15) is 5.10 Å². The molecule has 168 valence electrons. The first-order chi connectivity index (χ1) is 15.9. The number of nitrogens with one attached hydrogen (secondary N) is 1. The van der Waals surface area contributed by atoms with Gasteiger partial charge in [0.2, 0.25) is 0 Å². The summed E-state index contributed by atoms with van der Waals surface area (Å²) in [4.78, 5) is 0. The maximum Gasteiger partial charge on any atom is 0.488 e. The fraction of sp³-hybridized carbons (Fsp3) is 0.167. The molecule has 0 bridgehead atoms. The molecule has 1 aromatic heterocycles. The highest BCUT2D eigenvalue weighted by Gasteiger charge is 2.16. The molecule has 3 aromatic carbocycles. The second kappa shape index (κ2) is 9.44. The molecule has 0 saturated heterocycles. The van der Waals surface area contributed by atoms with Gasteiger partial charge in [0.1, 0.15) is 17.3 Å². The van der Waals surface area contributed by atoms with Gasteiger partial charge in [0.25, 0.3) is 0 Å². The molecular formula is C24H23BFN3O4. The summed E-state index contributed by atoms with van der Waals surface area (Å²) < 4.78 is 25.2. The maximum absolute atomic E-state index is 14.5. The largest absolute Gasteiger partial charge is 0.497 e. The Labute approximate surface area is 191 Å². The van der Waals surface area contributed by atoms with Gasteiger partial charge in [-0.15, -0.1) is 5.10 Å². The Bertz CT molecular complexity index is 1320. The average molecular weight is 447 g/mol. The Morgan fingerprint density at radius 2 is 1.76 bits per heavy atom. The van der Waals surface area contributed by atoms with E-state index in [1.54, 1.807) is 20.3 Å². The minimum Gasteiger partial charge on any atom is -0.497 e. The van der Waals surface area contributed by atoms with E-state index in [0.29, 0.717) is 35.1 Å². The van der Waals surface area contributed by atoms with Crippen molar-refractivity contribution < 1.29 is 23.9 Å². The molecule has 0 aliphatic rings. The summed E-state index contributed by atoms with van der Waals surface area (Å²) in [5, 5.41) is 32.4. The molecule has 9 heteroatoms. The Balaban J connectivity index is 1.69. The number of benzene rings is 3. The van der Waals surface area contributed by atoms with Gasteiger partial charge in [0, 0.05) is 34.5 Å². The summed E-state index contributed by atoms with van der Waals surface area (Å²) in [5.41, 5.74) is 2.70. The molecular weight excluding hydrogens is 424 g/mol. The van der Waals surface area contributed by atoms with Gasteiger partial charge in [0.15, 0.2) is 5.82 Å². The van der Waals surface area contributed by atoms with Crippen LogP contribution in [0.5, 0.6) is 11.5 Å². The number of anilines is 1. The van der Waals surface area contributed by atoms with E-state index in [1.165, 1.54) is 18.2 Å². The van der Waals surface area contributed by atoms with Crippen LogP contribution >= 0.6 is 0 Å². The number of nitrogens with zero attached hydrogens (tertiary/aromatic N) is 2. The molecule has 3 N–H and O–H groups in total. The van der Waals surface area contributed by atoms with Gasteiger partial charge >= 0.3 is 7.12 Å². The number of hydrogen-bond acceptors (Lipinski definition) is 7. The molecule has 0 spiro atoms. The number of fused-ring (bicyclic) bond motifs is 1. The molecule has 33 heavy (non-hydrogen) atoms. The van der Waals surface area contributed by atoms with Crippen LogP contribution in [0.1, 0.15) is 11.3 Å². The number of aryl methyl sites for hydroxylation is 1. The van der Waals surface area contributed by atoms with Crippen molar-refractivity contribution in [3.63, 3.8) is 0 Å². The van der Waals surface area contributed by atoms with Crippen molar-refractivity contribution in [2.24, 2.45) is 0 Å². The summed E-state index contributed by atoms with van der Waals surface area (Å²) in [6.07, 6.45) is 0. The highest BCUT2D eigenvalue weighted by molar-refractivity contribution is 6.58. The number of rotatable bonds is 7. The lowest BCUT2D eigenvalue weighted by atomic mass is 9.79. The number of ether oxygens (including phenoxy) is 2. The Kier molecular flexibility index (Phi) is 6.44. The van der Waals surface area contributed by atoms with Crippen molar-refractivity contribution in [1.82, 2.24) is 10.2 Å². The van der Waals surface area contributed by atoms with E-state index < -0.39 is 12.9 Å². The summed E-state index contributed by atoms with van der Waals surface area (Å²) in [6, 6.07) is 15.0. The summed E-state index contributed by atoms with van der Waals surface area (Å²) in [7, 11) is 1.52. The molecule has 0 aliphatic carbocycles. The lowest BCUT2D eigenvalue weighted by Gasteiger charge is -2.14. The van der Waals surface area contributed by atoms with Gasteiger partial charge in [-0.1, -0.05) is 18.2 Å². The molecule has 0 saturated carbocycles. The van der Waals surface area contributed by atoms with Gasteiger partial charge in [0.05, 0.1) is 19.9 Å². The molecule has 4 aromatic rings. The molecule has 0 unspecified atom stereocenters. The summed E-state index contributed by atoms with van der Waals surface area (Å²) >= 11 is 0. The first-order valence-electron chi connectivity index (χ1n) is 10.3. The highest BCUT2D eigenvalue weighted by Crippen LogP contribution is 2.31. The van der Waals surface area contributed by atoms with Gasteiger partial charge in [-0.25, -0.2) is 4.39 Å². The lowest BCUT2D eigenvalue weighted by molar-refractivity contribution is 0.391. The van der Waals surface area contributed by atoms with Crippen LogP contribution in [-0.2, 0) is 6.54 Å². The molecule has 0 radical (unpaired) electrons. The van der Waals surface area contributed by atoms with Gasteiger partial charge in [-0.05, 0) is 48.3 Å². The Morgan fingerprint density at radius 1 is 0.939 bits per heavy atom. The second-order valence-corrected chi connectivity index (χ2v) is 7.54. The third-order valence-electron chi connectivity index (χ3n) is 5.50. The maximum atomic E-state index is 14.5. The smallest absolute Gasteiger partial charge is 0.488 e. The van der Waals surface area contributed by atoms with Crippen LogP contribution < -0.4 is 20.3 Å². The van der Waals surface area contributed by atoms with Crippen molar-refractivity contribution in [1.29, 1.82) is 0 Å². The normalized spacial score (nSPS) is 10.8. The van der Waals surface area contributed by atoms with E-state index in [1.807, 2.05) is 37.3 Å². The van der Waals surface area contributed by atoms with Crippen LogP contribution in [0.25, 0.3) is 21.9 Å². The standard InChI is InChI=1S/C24H23BFN3O4/c1-14-20-10-15(21-11-17(25(30)31)6-9-22(21)26)5-8-19(20)24(29-28-14)27-13-16-4-7-18(32-2)12-23(16)33-3/h4-12,30-31H,13H2,1-3H3,(H,27,29). The predicted molar refractivity (Wildman–Crippen MR) is 126 cm³/mol. The van der Waals surface area contributed by atoms with Crippen LogP contribution in [0.2, 0.25) is 0 Å². The average Bonchev–Trinajstić information content (AvgIpc) is 2.83. The quantitative estimate of drug-likeness (QED) is 0.375. The number of hydrogen-bond donors (Lipinski definition) is 3. The van der Waals surface area contributed by atoms with E-state index in [-0.39, 0.29) is 11.0 Å². The van der Waals surface area contributed by atoms with E-state index in [2.05, 4.69) is 15.5 Å². The molecule has 4 rings (SSSR count). The van der Waals surface area contributed by atoms with Gasteiger partial charge < -0.3 is 24.8 Å². The topological polar surface area (TPSA) is 96.7 Å². The van der Waals surface area contributed by atoms with Crippen LogP contribution in [0.15, 0.2) is 54.6 Å². The van der Waals surface area contributed by atoms with E-state index >= 15 is 0 Å². The summed E-state index contributed by atoms with van der Waals surface area (Å²) in [5.74, 6) is 1.52. The zero-order valence-electron chi connectivity index (χ0n) is 18.5. The van der Waals surface area contributed by atoms with E-state index in [4.69, 9.17) is 9.47 Å². The fourth-order valence-electron chi connectivity index (χ4n) is 3.68. The highest BCUT2D eigenvalue weighted by atomic mass is 19.1. The van der Waals surface area contributed by atoms with Crippen LogP contribution in [0.4, 0.5) is 10.2 Å². The first-order valence-corrected chi connectivity index (χ1v) is 10.3. The molecule has 0 atom stereocenters. The zero-order chi connectivity index (χ0) is 23.5. The van der Waals surface area contributed by atoms with Gasteiger partial charge in [-0.3, -0.25) is 0 Å². The Hall–Kier alpha value is -3.69. The van der Waals surface area contributed by atoms with Crippen molar-refractivity contribution >= 4 is 29.2 Å². The summed E-state index contributed by atoms with van der Waals surface area (Å²) in [6.45, 7) is 2.28. The van der Waals surface area contributed by atoms with Crippen LogP contribution in [0.3, 0.4) is 0 Å². The molecule has 7 nitrogen and oxygen atoms in total. The molecule has 1 heterocycles. The van der Waals surface area contributed by atoms with Crippen molar-refractivity contribution in [3.05, 3.63) is 71.7 Å². The van der Waals surface area contributed by atoms with Crippen molar-refractivity contribution in [2.45, 2.75) is 13.5 Å². The minimum absolute atomic E-state index is 0.215. The van der Waals surface area contributed by atoms with Crippen molar-refractivity contribution in [2.75, 3.05) is 19.5 Å². The third-order valence-corrected chi connectivity index (χ3v) is 5.50. The number of methoxy groups -OCH3 is 2. The molecule has 0 fully saturated rings. The van der Waals surface area contributed by atoms with E-state index in [9.17, 15) is 14.4 Å². The van der Waals surface area contributed by atoms with E-state index in [0.717, 1.165) is 16.3 Å². The van der Waals surface area contributed by atoms with Crippen molar-refractivity contribution in [3.8, 4) is 22.6 Å². The monoisotopic (exact) mass is 447 g/mol. The SMILES string of the molecule is COc1ccc(CNc2nnc(C)c3cc(-c4cc(B(O)O)ccc4F)ccc23)c(OC)c1. The fourth-order valence-corrected chi connectivity index (χ4v) is 3.68. The first kappa shape index (κ1) is 22.5. The lowest BCUT2D eigenvalue weighted by Crippen LogP contribution is -2.29. The van der Waals surface area contributed by atoms with Crippen LogP contribution in [0, 0.1) is 12.7 Å². The molecule has 0 amide bonds.